The van der Waals surface area contributed by atoms with Gasteiger partial charge in [0.05, 0.1) is 11.1 Å². The topological polar surface area (TPSA) is 73.4 Å². The van der Waals surface area contributed by atoms with Crippen LogP contribution in [0.2, 0.25) is 0 Å². The summed E-state index contributed by atoms with van der Waals surface area (Å²) in [5, 5.41) is 10.4. The van der Waals surface area contributed by atoms with E-state index in [0.29, 0.717) is 16.8 Å². The average Bonchev–Trinajstić information content (AvgIpc) is 3.18. The third-order valence-corrected chi connectivity index (χ3v) is 4.33. The zero-order valence-electron chi connectivity index (χ0n) is 12.2. The van der Waals surface area contributed by atoms with Gasteiger partial charge in [-0.3, -0.25) is 9.59 Å². The van der Waals surface area contributed by atoms with Gasteiger partial charge in [0, 0.05) is 23.8 Å². The van der Waals surface area contributed by atoms with Crippen LogP contribution in [-0.4, -0.2) is 28.5 Å². The Balaban J connectivity index is 1.81. The second kappa shape index (κ2) is 4.98. The van der Waals surface area contributed by atoms with Crippen LogP contribution in [0.1, 0.15) is 21.8 Å². The SMILES string of the molecule is O=C(O)C1CN(C(=O)c2cccc3cc[nH]c23)c2ccccc21. The lowest BCUT2D eigenvalue weighted by Gasteiger charge is -2.18. The van der Waals surface area contributed by atoms with Crippen molar-refractivity contribution < 1.29 is 14.7 Å². The number of H-pyrrole nitrogens is 1. The molecular weight excluding hydrogens is 292 g/mol. The molecule has 2 aromatic carbocycles. The number of para-hydroxylation sites is 2. The number of amides is 1. The summed E-state index contributed by atoms with van der Waals surface area (Å²) in [5.41, 5.74) is 2.68. The molecule has 1 aliphatic heterocycles. The van der Waals surface area contributed by atoms with E-state index >= 15 is 0 Å². The second-order valence-electron chi connectivity index (χ2n) is 5.61. The molecule has 5 heteroatoms. The highest BCUT2D eigenvalue weighted by atomic mass is 16.4. The fourth-order valence-electron chi connectivity index (χ4n) is 3.22. The van der Waals surface area contributed by atoms with Gasteiger partial charge in [-0.2, -0.15) is 0 Å². The number of benzene rings is 2. The number of nitrogens with zero attached hydrogens (tertiary/aromatic N) is 1. The molecule has 0 spiro atoms. The number of carboxylic acid groups (broad SMARTS) is 1. The van der Waals surface area contributed by atoms with E-state index in [1.807, 2.05) is 24.3 Å². The minimum absolute atomic E-state index is 0.157. The van der Waals surface area contributed by atoms with Crippen molar-refractivity contribution in [2.24, 2.45) is 0 Å². The number of nitrogens with one attached hydrogen (secondary N) is 1. The summed E-state index contributed by atoms with van der Waals surface area (Å²) >= 11 is 0. The number of carboxylic acids is 1. The third kappa shape index (κ3) is 2.01. The van der Waals surface area contributed by atoms with Crippen molar-refractivity contribution >= 4 is 28.5 Å². The monoisotopic (exact) mass is 306 g/mol. The van der Waals surface area contributed by atoms with Crippen LogP contribution in [0.4, 0.5) is 5.69 Å². The Kier molecular flexibility index (Phi) is 2.94. The molecular formula is C18H14N2O3. The minimum atomic E-state index is -0.911. The summed E-state index contributed by atoms with van der Waals surface area (Å²) in [5.74, 6) is -1.78. The van der Waals surface area contributed by atoms with Gasteiger partial charge in [-0.1, -0.05) is 30.3 Å². The van der Waals surface area contributed by atoms with Crippen LogP contribution in [0.5, 0.6) is 0 Å². The summed E-state index contributed by atoms with van der Waals surface area (Å²) in [7, 11) is 0. The van der Waals surface area contributed by atoms with Crippen molar-refractivity contribution in [3.8, 4) is 0 Å². The molecule has 1 atom stereocenters. The lowest BCUT2D eigenvalue weighted by molar-refractivity contribution is -0.138. The maximum absolute atomic E-state index is 13.0. The lowest BCUT2D eigenvalue weighted by atomic mass is 10.0. The molecule has 3 aromatic rings. The molecule has 1 amide bonds. The lowest BCUT2D eigenvalue weighted by Crippen LogP contribution is -2.31. The Hall–Kier alpha value is -3.08. The van der Waals surface area contributed by atoms with Crippen LogP contribution in [0, 0.1) is 0 Å². The van der Waals surface area contributed by atoms with Crippen LogP contribution < -0.4 is 4.90 Å². The van der Waals surface area contributed by atoms with Crippen molar-refractivity contribution in [2.45, 2.75) is 5.92 Å². The number of fused-ring (bicyclic) bond motifs is 2. The smallest absolute Gasteiger partial charge is 0.312 e. The van der Waals surface area contributed by atoms with Gasteiger partial charge >= 0.3 is 5.97 Å². The molecule has 1 aliphatic rings. The van der Waals surface area contributed by atoms with Crippen molar-refractivity contribution in [2.75, 3.05) is 11.4 Å². The first-order valence-electron chi connectivity index (χ1n) is 7.36. The highest BCUT2D eigenvalue weighted by Crippen LogP contribution is 2.37. The molecule has 1 aromatic heterocycles. The summed E-state index contributed by atoms with van der Waals surface area (Å²) in [6, 6.07) is 14.6. The van der Waals surface area contributed by atoms with Crippen molar-refractivity contribution in [1.29, 1.82) is 0 Å². The van der Waals surface area contributed by atoms with E-state index < -0.39 is 11.9 Å². The van der Waals surface area contributed by atoms with Crippen LogP contribution >= 0.6 is 0 Å². The molecule has 0 saturated heterocycles. The summed E-state index contributed by atoms with van der Waals surface area (Å²) in [6.45, 7) is 0.157. The standard InChI is InChI=1S/C18H14N2O3/c21-17(13-6-3-4-11-8-9-19-16(11)13)20-10-14(18(22)23)12-5-1-2-7-15(12)20/h1-9,14,19H,10H2,(H,22,23). The maximum Gasteiger partial charge on any atom is 0.312 e. The minimum Gasteiger partial charge on any atom is -0.481 e. The van der Waals surface area contributed by atoms with Crippen LogP contribution in [0.15, 0.2) is 54.7 Å². The Morgan fingerprint density at radius 2 is 1.91 bits per heavy atom. The number of hydrogen-bond acceptors (Lipinski definition) is 2. The molecule has 4 rings (SSSR count). The molecule has 0 fully saturated rings. The van der Waals surface area contributed by atoms with E-state index in [4.69, 9.17) is 0 Å². The predicted molar refractivity (Wildman–Crippen MR) is 86.8 cm³/mol. The number of aliphatic carboxylic acids is 1. The van der Waals surface area contributed by atoms with E-state index in [2.05, 4.69) is 4.98 Å². The Morgan fingerprint density at radius 1 is 1.09 bits per heavy atom. The number of hydrogen-bond donors (Lipinski definition) is 2. The normalized spacial score (nSPS) is 16.5. The number of carbonyl (C=O) groups is 2. The van der Waals surface area contributed by atoms with E-state index in [1.54, 1.807) is 35.4 Å². The van der Waals surface area contributed by atoms with Gasteiger partial charge in [0.1, 0.15) is 5.92 Å². The molecule has 23 heavy (non-hydrogen) atoms. The summed E-state index contributed by atoms with van der Waals surface area (Å²) in [4.78, 5) is 29.1. The Labute approximate surface area is 132 Å². The van der Waals surface area contributed by atoms with Gasteiger partial charge < -0.3 is 15.0 Å². The molecule has 114 valence electrons. The zero-order chi connectivity index (χ0) is 16.0. The average molecular weight is 306 g/mol. The number of anilines is 1. The maximum atomic E-state index is 13.0. The second-order valence-corrected chi connectivity index (χ2v) is 5.61. The fraction of sp³-hybridized carbons (Fsp3) is 0.111. The highest BCUT2D eigenvalue weighted by molar-refractivity contribution is 6.14. The molecule has 0 bridgehead atoms. The van der Waals surface area contributed by atoms with Crippen molar-refractivity contribution in [1.82, 2.24) is 4.98 Å². The highest BCUT2D eigenvalue weighted by Gasteiger charge is 2.37. The number of aromatic nitrogens is 1. The summed E-state index contributed by atoms with van der Waals surface area (Å²) in [6.07, 6.45) is 1.79. The van der Waals surface area contributed by atoms with Crippen LogP contribution in [-0.2, 0) is 4.79 Å². The number of carbonyl (C=O) groups excluding carboxylic acids is 1. The van der Waals surface area contributed by atoms with Gasteiger partial charge in [-0.05, 0) is 23.8 Å². The van der Waals surface area contributed by atoms with Gasteiger partial charge in [0.15, 0.2) is 0 Å². The largest absolute Gasteiger partial charge is 0.481 e. The molecule has 0 aliphatic carbocycles. The van der Waals surface area contributed by atoms with E-state index in [0.717, 1.165) is 10.9 Å². The summed E-state index contributed by atoms with van der Waals surface area (Å²) < 4.78 is 0. The first kappa shape index (κ1) is 13.6. The molecule has 1 unspecified atom stereocenters. The zero-order valence-corrected chi connectivity index (χ0v) is 12.2. The van der Waals surface area contributed by atoms with Crippen molar-refractivity contribution in [3.05, 3.63) is 65.9 Å². The van der Waals surface area contributed by atoms with Crippen molar-refractivity contribution in [3.63, 3.8) is 0 Å². The molecule has 2 heterocycles. The van der Waals surface area contributed by atoms with Crippen LogP contribution in [0.3, 0.4) is 0 Å². The molecule has 2 N–H and O–H groups in total. The number of rotatable bonds is 2. The Morgan fingerprint density at radius 3 is 2.74 bits per heavy atom. The molecule has 0 saturated carbocycles. The van der Waals surface area contributed by atoms with Gasteiger partial charge in [-0.25, -0.2) is 0 Å². The number of aromatic amines is 1. The Bertz CT molecular complexity index is 929. The van der Waals surface area contributed by atoms with E-state index in [1.165, 1.54) is 0 Å². The molecule has 0 radical (unpaired) electrons. The van der Waals surface area contributed by atoms with Gasteiger partial charge in [0.2, 0.25) is 0 Å². The fourth-order valence-corrected chi connectivity index (χ4v) is 3.22. The van der Waals surface area contributed by atoms with E-state index in [9.17, 15) is 14.7 Å². The van der Waals surface area contributed by atoms with Gasteiger partial charge in [0.25, 0.3) is 5.91 Å². The van der Waals surface area contributed by atoms with E-state index in [-0.39, 0.29) is 12.5 Å². The first-order valence-corrected chi connectivity index (χ1v) is 7.36. The predicted octanol–water partition coefficient (Wildman–Crippen LogP) is 3.00. The third-order valence-electron chi connectivity index (χ3n) is 4.33. The molecule has 5 nitrogen and oxygen atoms in total. The van der Waals surface area contributed by atoms with Gasteiger partial charge in [-0.15, -0.1) is 0 Å². The first-order chi connectivity index (χ1) is 11.2. The van der Waals surface area contributed by atoms with Crippen LogP contribution in [0.25, 0.3) is 10.9 Å². The quantitative estimate of drug-likeness (QED) is 0.764.